The molecule has 4 nitrogen and oxygen atoms in total. The maximum Gasteiger partial charge on any atom is 0.233 e. The first-order chi connectivity index (χ1) is 8.38. The van der Waals surface area contributed by atoms with E-state index in [9.17, 15) is 8.42 Å². The number of halogens is 2. The van der Waals surface area contributed by atoms with Crippen molar-refractivity contribution < 1.29 is 13.2 Å². The molecular formula is C11H15Cl2NO3S. The van der Waals surface area contributed by atoms with Crippen molar-refractivity contribution in [3.05, 3.63) is 23.2 Å². The van der Waals surface area contributed by atoms with Crippen LogP contribution < -0.4 is 9.46 Å². The Balaban J connectivity index is 2.81. The van der Waals surface area contributed by atoms with E-state index in [1.54, 1.807) is 19.1 Å². The van der Waals surface area contributed by atoms with Gasteiger partial charge in [-0.05, 0) is 24.1 Å². The van der Waals surface area contributed by atoms with E-state index in [2.05, 4.69) is 4.72 Å². The van der Waals surface area contributed by atoms with E-state index in [0.29, 0.717) is 22.3 Å². The minimum atomic E-state index is -3.42. The Kier molecular flexibility index (Phi) is 5.56. The average molecular weight is 312 g/mol. The maximum atomic E-state index is 11.8. The lowest BCUT2D eigenvalue weighted by Crippen LogP contribution is -2.22. The van der Waals surface area contributed by atoms with Crippen LogP contribution in [0.4, 0.5) is 5.69 Å². The highest BCUT2D eigenvalue weighted by Gasteiger charge is 2.15. The first-order valence-corrected chi connectivity index (χ1v) is 7.84. The number of sulfonamides is 1. The Hall–Kier alpha value is -0.650. The molecule has 1 aromatic carbocycles. The quantitative estimate of drug-likeness (QED) is 0.822. The van der Waals surface area contributed by atoms with Crippen molar-refractivity contribution in [2.75, 3.05) is 23.5 Å². The van der Waals surface area contributed by atoms with Crippen molar-refractivity contribution >= 4 is 38.9 Å². The minimum Gasteiger partial charge on any atom is -0.495 e. The highest BCUT2D eigenvalue weighted by molar-refractivity contribution is 7.92. The van der Waals surface area contributed by atoms with Gasteiger partial charge in [-0.25, -0.2) is 8.42 Å². The van der Waals surface area contributed by atoms with Crippen LogP contribution in [0.5, 0.6) is 5.75 Å². The van der Waals surface area contributed by atoms with Crippen LogP contribution in [0.15, 0.2) is 18.2 Å². The normalized spacial score (nSPS) is 13.1. The van der Waals surface area contributed by atoms with Gasteiger partial charge in [0.2, 0.25) is 10.0 Å². The summed E-state index contributed by atoms with van der Waals surface area (Å²) in [6, 6.07) is 4.70. The molecule has 0 spiro atoms. The molecule has 0 saturated heterocycles. The monoisotopic (exact) mass is 311 g/mol. The molecule has 1 rings (SSSR count). The van der Waals surface area contributed by atoms with Gasteiger partial charge in [0.25, 0.3) is 0 Å². The largest absolute Gasteiger partial charge is 0.495 e. The molecular weight excluding hydrogens is 297 g/mol. The van der Waals surface area contributed by atoms with Crippen LogP contribution in [0, 0.1) is 5.92 Å². The summed E-state index contributed by atoms with van der Waals surface area (Å²) in [5, 5.41) is 0.350. The van der Waals surface area contributed by atoms with Gasteiger partial charge >= 0.3 is 0 Å². The summed E-state index contributed by atoms with van der Waals surface area (Å²) >= 11 is 11.5. The predicted molar refractivity (Wildman–Crippen MR) is 75.3 cm³/mol. The first kappa shape index (κ1) is 15.4. The Bertz CT molecular complexity index is 505. The van der Waals surface area contributed by atoms with E-state index >= 15 is 0 Å². The number of benzene rings is 1. The Morgan fingerprint density at radius 2 is 2.11 bits per heavy atom. The highest BCUT2D eigenvalue weighted by Crippen LogP contribution is 2.27. The number of ether oxygens (including phenoxy) is 1. The molecule has 1 unspecified atom stereocenters. The second-order valence-corrected chi connectivity index (χ2v) is 6.48. The summed E-state index contributed by atoms with van der Waals surface area (Å²) in [4.78, 5) is 0. The molecule has 0 heterocycles. The summed E-state index contributed by atoms with van der Waals surface area (Å²) in [5.41, 5.74) is 0.405. The van der Waals surface area contributed by atoms with E-state index in [-0.39, 0.29) is 11.7 Å². The summed E-state index contributed by atoms with van der Waals surface area (Å²) in [6.07, 6.45) is 0. The van der Waals surface area contributed by atoms with E-state index in [0.717, 1.165) is 0 Å². The predicted octanol–water partition coefficient (Wildman–Crippen LogP) is 2.97. The Morgan fingerprint density at radius 1 is 1.44 bits per heavy atom. The molecule has 0 aromatic heterocycles. The maximum absolute atomic E-state index is 11.8. The molecule has 7 heteroatoms. The molecule has 0 bridgehead atoms. The highest BCUT2D eigenvalue weighted by atomic mass is 35.5. The van der Waals surface area contributed by atoms with Crippen LogP contribution in [0.2, 0.25) is 5.02 Å². The van der Waals surface area contributed by atoms with Gasteiger partial charge < -0.3 is 4.74 Å². The summed E-state index contributed by atoms with van der Waals surface area (Å²) in [5.74, 6) is 0.649. The van der Waals surface area contributed by atoms with Gasteiger partial charge in [-0.1, -0.05) is 18.5 Å². The summed E-state index contributed by atoms with van der Waals surface area (Å²) in [7, 11) is -1.92. The summed E-state index contributed by atoms with van der Waals surface area (Å²) in [6.45, 7) is 1.77. The number of methoxy groups -OCH3 is 1. The molecule has 0 aliphatic carbocycles. The third-order valence-electron chi connectivity index (χ3n) is 2.19. The van der Waals surface area contributed by atoms with Crippen LogP contribution in [0.3, 0.4) is 0 Å². The molecule has 0 amide bonds. The molecule has 1 atom stereocenters. The second kappa shape index (κ2) is 6.50. The topological polar surface area (TPSA) is 55.4 Å². The van der Waals surface area contributed by atoms with E-state index < -0.39 is 10.0 Å². The lowest BCUT2D eigenvalue weighted by atomic mass is 10.3. The van der Waals surface area contributed by atoms with E-state index in [1.807, 2.05) is 0 Å². The van der Waals surface area contributed by atoms with Crippen molar-refractivity contribution in [3.63, 3.8) is 0 Å². The van der Waals surface area contributed by atoms with Gasteiger partial charge in [0.15, 0.2) is 0 Å². The lowest BCUT2D eigenvalue weighted by Gasteiger charge is -2.12. The third-order valence-corrected chi connectivity index (χ3v) is 4.57. The number of hydrogen-bond acceptors (Lipinski definition) is 3. The molecule has 0 aliphatic rings. The zero-order valence-corrected chi connectivity index (χ0v) is 12.4. The fourth-order valence-corrected chi connectivity index (χ4v) is 3.30. The zero-order valence-electron chi connectivity index (χ0n) is 10.1. The molecule has 102 valence electrons. The standard InChI is InChI=1S/C11H15Cl2NO3S/c1-8(6-12)7-18(15,16)14-9-3-4-11(17-2)10(13)5-9/h3-5,8,14H,6-7H2,1-2H3. The number of alkyl halides is 1. The van der Waals surface area contributed by atoms with Gasteiger partial charge in [-0.15, -0.1) is 11.6 Å². The van der Waals surface area contributed by atoms with Crippen molar-refractivity contribution in [1.82, 2.24) is 0 Å². The van der Waals surface area contributed by atoms with Gasteiger partial charge in [-0.3, -0.25) is 4.72 Å². The van der Waals surface area contributed by atoms with Gasteiger partial charge in [-0.2, -0.15) is 0 Å². The molecule has 0 saturated carbocycles. The lowest BCUT2D eigenvalue weighted by molar-refractivity contribution is 0.415. The van der Waals surface area contributed by atoms with Crippen LogP contribution in [-0.4, -0.2) is 27.2 Å². The number of hydrogen-bond donors (Lipinski definition) is 1. The number of rotatable bonds is 6. The van der Waals surface area contributed by atoms with Crippen LogP contribution in [-0.2, 0) is 10.0 Å². The second-order valence-electron chi connectivity index (χ2n) is 3.99. The first-order valence-electron chi connectivity index (χ1n) is 5.28. The third kappa shape index (κ3) is 4.55. The number of anilines is 1. The zero-order chi connectivity index (χ0) is 13.8. The minimum absolute atomic E-state index is 0.0276. The van der Waals surface area contributed by atoms with E-state index in [4.69, 9.17) is 27.9 Å². The number of nitrogens with one attached hydrogen (secondary N) is 1. The molecule has 1 aromatic rings. The van der Waals surface area contributed by atoms with Crippen molar-refractivity contribution in [3.8, 4) is 5.75 Å². The van der Waals surface area contributed by atoms with Crippen LogP contribution >= 0.6 is 23.2 Å². The van der Waals surface area contributed by atoms with Crippen LogP contribution in [0.1, 0.15) is 6.92 Å². The molecule has 0 fully saturated rings. The molecule has 1 N–H and O–H groups in total. The smallest absolute Gasteiger partial charge is 0.233 e. The van der Waals surface area contributed by atoms with Gasteiger partial charge in [0.1, 0.15) is 5.75 Å². The van der Waals surface area contributed by atoms with Crippen LogP contribution in [0.25, 0.3) is 0 Å². The van der Waals surface area contributed by atoms with E-state index in [1.165, 1.54) is 13.2 Å². The average Bonchev–Trinajstić information content (AvgIpc) is 2.27. The van der Waals surface area contributed by atoms with Crippen molar-refractivity contribution in [2.24, 2.45) is 5.92 Å². The fourth-order valence-electron chi connectivity index (χ4n) is 1.37. The summed E-state index contributed by atoms with van der Waals surface area (Å²) < 4.78 is 31.0. The Labute approximate surface area is 117 Å². The van der Waals surface area contributed by atoms with Gasteiger partial charge in [0.05, 0.1) is 23.6 Å². The van der Waals surface area contributed by atoms with Gasteiger partial charge in [0, 0.05) is 5.88 Å². The van der Waals surface area contributed by atoms with Crippen molar-refractivity contribution in [2.45, 2.75) is 6.92 Å². The molecule has 0 radical (unpaired) electrons. The molecule has 18 heavy (non-hydrogen) atoms. The Morgan fingerprint density at radius 3 is 2.61 bits per heavy atom. The SMILES string of the molecule is COc1ccc(NS(=O)(=O)CC(C)CCl)cc1Cl. The van der Waals surface area contributed by atoms with Crippen molar-refractivity contribution in [1.29, 1.82) is 0 Å². The fraction of sp³-hybridized carbons (Fsp3) is 0.455. The molecule has 0 aliphatic heterocycles.